The highest BCUT2D eigenvalue weighted by Crippen LogP contribution is 2.14. The number of carbonyl (C=O) groups is 2. The van der Waals surface area contributed by atoms with E-state index in [1.807, 2.05) is 0 Å². The van der Waals surface area contributed by atoms with Gasteiger partial charge >= 0.3 is 0 Å². The van der Waals surface area contributed by atoms with Gasteiger partial charge in [-0.15, -0.1) is 0 Å². The fraction of sp³-hybridized carbons (Fsp3) is 0.217. The molecule has 0 atom stereocenters. The molecular weight excluding hydrogens is 446 g/mol. The van der Waals surface area contributed by atoms with Crippen LogP contribution in [0, 0.1) is 0 Å². The number of carbonyl (C=O) groups excluding carboxylic acids is 2. The standard InChI is InChI=1S/C23H23N3O6S/c27-22(25-11-13-26(14-12-25)23(28)21-4-2-16-32-21)10-7-18-5-8-20(9-6-18)33(29,30)24-17-19-3-1-15-31-19/h1-10,15-16,24H,11-14,17H2. The highest BCUT2D eigenvalue weighted by molar-refractivity contribution is 7.89. The minimum atomic E-state index is -3.68. The molecule has 10 heteroatoms. The maximum absolute atomic E-state index is 12.5. The second kappa shape index (κ2) is 9.88. The zero-order valence-corrected chi connectivity index (χ0v) is 18.5. The van der Waals surface area contributed by atoms with Crippen molar-refractivity contribution < 1.29 is 26.8 Å². The summed E-state index contributed by atoms with van der Waals surface area (Å²) in [4.78, 5) is 28.3. The third kappa shape index (κ3) is 5.60. The summed E-state index contributed by atoms with van der Waals surface area (Å²) in [6, 6.07) is 12.9. The normalized spacial score (nSPS) is 14.7. The van der Waals surface area contributed by atoms with E-state index in [1.165, 1.54) is 30.7 Å². The number of hydrogen-bond acceptors (Lipinski definition) is 6. The molecule has 1 aromatic carbocycles. The predicted octanol–water partition coefficient (Wildman–Crippen LogP) is 2.35. The highest BCUT2D eigenvalue weighted by atomic mass is 32.2. The van der Waals surface area contributed by atoms with E-state index in [4.69, 9.17) is 8.83 Å². The monoisotopic (exact) mass is 469 g/mol. The molecule has 1 aliphatic rings. The Morgan fingerprint density at radius 1 is 0.909 bits per heavy atom. The van der Waals surface area contributed by atoms with Gasteiger partial charge in [-0.1, -0.05) is 12.1 Å². The predicted molar refractivity (Wildman–Crippen MR) is 119 cm³/mol. The molecule has 2 aromatic heterocycles. The van der Waals surface area contributed by atoms with E-state index in [9.17, 15) is 18.0 Å². The van der Waals surface area contributed by atoms with E-state index in [1.54, 1.807) is 52.3 Å². The van der Waals surface area contributed by atoms with Crippen LogP contribution in [0.15, 0.2) is 80.9 Å². The first-order valence-electron chi connectivity index (χ1n) is 10.3. The molecule has 9 nitrogen and oxygen atoms in total. The van der Waals surface area contributed by atoms with Crippen molar-refractivity contribution in [1.82, 2.24) is 14.5 Å². The van der Waals surface area contributed by atoms with E-state index in [0.717, 1.165) is 0 Å². The van der Waals surface area contributed by atoms with Crippen LogP contribution in [-0.2, 0) is 21.4 Å². The average molecular weight is 470 g/mol. The van der Waals surface area contributed by atoms with Crippen LogP contribution in [0.25, 0.3) is 6.08 Å². The van der Waals surface area contributed by atoms with Gasteiger partial charge in [-0.25, -0.2) is 13.1 Å². The summed E-state index contributed by atoms with van der Waals surface area (Å²) < 4.78 is 37.5. The number of piperazine rings is 1. The van der Waals surface area contributed by atoms with Crippen molar-refractivity contribution in [3.05, 3.63) is 84.2 Å². The lowest BCUT2D eigenvalue weighted by Gasteiger charge is -2.33. The molecule has 0 bridgehead atoms. The fourth-order valence-corrected chi connectivity index (χ4v) is 4.37. The van der Waals surface area contributed by atoms with Crippen LogP contribution in [0.5, 0.6) is 0 Å². The Bertz CT molecular complexity index is 1210. The van der Waals surface area contributed by atoms with Gasteiger partial charge in [0.05, 0.1) is 24.0 Å². The average Bonchev–Trinajstić information content (AvgIpc) is 3.56. The maximum atomic E-state index is 12.5. The van der Waals surface area contributed by atoms with Crippen LogP contribution in [0.2, 0.25) is 0 Å². The van der Waals surface area contributed by atoms with E-state index in [2.05, 4.69) is 4.72 Å². The van der Waals surface area contributed by atoms with Crippen molar-refractivity contribution in [2.24, 2.45) is 0 Å². The number of sulfonamides is 1. The Hall–Kier alpha value is -3.63. The lowest BCUT2D eigenvalue weighted by atomic mass is 10.2. The summed E-state index contributed by atoms with van der Waals surface area (Å²) >= 11 is 0. The van der Waals surface area contributed by atoms with Gasteiger partial charge in [-0.2, -0.15) is 0 Å². The van der Waals surface area contributed by atoms with Crippen molar-refractivity contribution in [3.63, 3.8) is 0 Å². The van der Waals surface area contributed by atoms with Crippen molar-refractivity contribution >= 4 is 27.9 Å². The zero-order chi connectivity index (χ0) is 23.3. The van der Waals surface area contributed by atoms with Crippen LogP contribution in [0.1, 0.15) is 21.9 Å². The maximum Gasteiger partial charge on any atom is 0.289 e. The Labute approximate surface area is 191 Å². The number of hydrogen-bond donors (Lipinski definition) is 1. The smallest absolute Gasteiger partial charge is 0.289 e. The summed E-state index contributed by atoms with van der Waals surface area (Å²) in [6.07, 6.45) is 6.02. The first-order chi connectivity index (χ1) is 15.9. The third-order valence-electron chi connectivity index (χ3n) is 5.24. The molecule has 0 radical (unpaired) electrons. The molecular formula is C23H23N3O6S. The van der Waals surface area contributed by atoms with Gasteiger partial charge in [0.15, 0.2) is 5.76 Å². The number of nitrogens with one attached hydrogen (secondary N) is 1. The third-order valence-corrected chi connectivity index (χ3v) is 6.65. The molecule has 1 fully saturated rings. The van der Waals surface area contributed by atoms with Gasteiger partial charge in [0, 0.05) is 32.3 Å². The first-order valence-corrected chi connectivity index (χ1v) is 11.8. The molecule has 0 spiro atoms. The van der Waals surface area contributed by atoms with E-state index < -0.39 is 10.0 Å². The van der Waals surface area contributed by atoms with Gasteiger partial charge in [0.25, 0.3) is 5.91 Å². The second-order valence-corrected chi connectivity index (χ2v) is 9.17. The van der Waals surface area contributed by atoms with E-state index in [0.29, 0.717) is 37.5 Å². The number of amides is 2. The van der Waals surface area contributed by atoms with Gasteiger partial charge in [0.1, 0.15) is 5.76 Å². The molecule has 0 saturated carbocycles. The molecule has 2 amide bonds. The van der Waals surface area contributed by atoms with Crippen molar-refractivity contribution in [3.8, 4) is 0 Å². The van der Waals surface area contributed by atoms with Crippen LogP contribution >= 0.6 is 0 Å². The minimum Gasteiger partial charge on any atom is -0.468 e. The van der Waals surface area contributed by atoms with Crippen molar-refractivity contribution in [2.75, 3.05) is 26.2 Å². The molecule has 0 unspecified atom stereocenters. The van der Waals surface area contributed by atoms with Gasteiger partial charge < -0.3 is 18.6 Å². The van der Waals surface area contributed by atoms with Gasteiger partial charge in [-0.05, 0) is 48.0 Å². The summed E-state index contributed by atoms with van der Waals surface area (Å²) in [7, 11) is -3.68. The Balaban J connectivity index is 1.29. The number of benzene rings is 1. The summed E-state index contributed by atoms with van der Waals surface area (Å²) in [5.74, 6) is 0.451. The van der Waals surface area contributed by atoms with Crippen LogP contribution in [0.4, 0.5) is 0 Å². The minimum absolute atomic E-state index is 0.0614. The molecule has 3 heterocycles. The lowest BCUT2D eigenvalue weighted by molar-refractivity contribution is -0.127. The largest absolute Gasteiger partial charge is 0.468 e. The number of rotatable bonds is 7. The van der Waals surface area contributed by atoms with Crippen LogP contribution in [-0.4, -0.2) is 56.2 Å². The Morgan fingerprint density at radius 3 is 2.21 bits per heavy atom. The van der Waals surface area contributed by atoms with Crippen molar-refractivity contribution in [2.45, 2.75) is 11.4 Å². The Morgan fingerprint density at radius 2 is 1.58 bits per heavy atom. The number of nitrogens with zero attached hydrogens (tertiary/aromatic N) is 2. The summed E-state index contributed by atoms with van der Waals surface area (Å²) in [5.41, 5.74) is 0.694. The molecule has 1 N–H and O–H groups in total. The van der Waals surface area contributed by atoms with E-state index in [-0.39, 0.29) is 29.0 Å². The van der Waals surface area contributed by atoms with Crippen LogP contribution in [0.3, 0.4) is 0 Å². The summed E-state index contributed by atoms with van der Waals surface area (Å²) in [5, 5.41) is 0. The highest BCUT2D eigenvalue weighted by Gasteiger charge is 2.25. The quantitative estimate of drug-likeness (QED) is 0.532. The molecule has 4 rings (SSSR count). The zero-order valence-electron chi connectivity index (χ0n) is 17.7. The van der Waals surface area contributed by atoms with Crippen LogP contribution < -0.4 is 4.72 Å². The molecule has 1 aliphatic heterocycles. The molecule has 3 aromatic rings. The van der Waals surface area contributed by atoms with E-state index >= 15 is 0 Å². The number of furan rings is 2. The molecule has 0 aliphatic carbocycles. The fourth-order valence-electron chi connectivity index (χ4n) is 3.38. The molecule has 172 valence electrons. The Kier molecular flexibility index (Phi) is 6.76. The first kappa shape index (κ1) is 22.6. The molecule has 1 saturated heterocycles. The van der Waals surface area contributed by atoms with Gasteiger partial charge in [-0.3, -0.25) is 9.59 Å². The topological polar surface area (TPSA) is 113 Å². The second-order valence-electron chi connectivity index (χ2n) is 7.40. The lowest BCUT2D eigenvalue weighted by Crippen LogP contribution is -2.50. The van der Waals surface area contributed by atoms with Crippen molar-refractivity contribution in [1.29, 1.82) is 0 Å². The SMILES string of the molecule is O=C(C=Cc1ccc(S(=O)(=O)NCc2ccco2)cc1)N1CCN(C(=O)c2ccco2)CC1. The molecule has 33 heavy (non-hydrogen) atoms. The summed E-state index contributed by atoms with van der Waals surface area (Å²) in [6.45, 7) is 1.77. The van der Waals surface area contributed by atoms with Gasteiger partial charge in [0.2, 0.25) is 15.9 Å².